The topological polar surface area (TPSA) is 131 Å². The Morgan fingerprint density at radius 2 is 2.09 bits per heavy atom. The summed E-state index contributed by atoms with van der Waals surface area (Å²) in [7, 11) is 0. The van der Waals surface area contributed by atoms with Gasteiger partial charge in [-0.2, -0.15) is 5.26 Å². The number of hydrogen-bond acceptors (Lipinski definition) is 7. The molecule has 1 aromatic carbocycles. The van der Waals surface area contributed by atoms with Crippen LogP contribution < -0.4 is 11.1 Å². The van der Waals surface area contributed by atoms with E-state index >= 15 is 0 Å². The van der Waals surface area contributed by atoms with Crippen LogP contribution in [-0.2, 0) is 9.53 Å². The van der Waals surface area contributed by atoms with Crippen LogP contribution in [0.25, 0.3) is 0 Å². The van der Waals surface area contributed by atoms with Crippen LogP contribution >= 0.6 is 0 Å². The fourth-order valence-electron chi connectivity index (χ4n) is 1.69. The highest BCUT2D eigenvalue weighted by Gasteiger charge is 2.21. The van der Waals surface area contributed by atoms with Gasteiger partial charge in [0.1, 0.15) is 0 Å². The largest absolute Gasteiger partial charge is 0.448 e. The Morgan fingerprint density at radius 1 is 1.35 bits per heavy atom. The molecule has 23 heavy (non-hydrogen) atoms. The van der Waals surface area contributed by atoms with E-state index < -0.39 is 18.0 Å². The maximum atomic E-state index is 12.0. The highest BCUT2D eigenvalue weighted by atomic mass is 16.5. The van der Waals surface area contributed by atoms with Gasteiger partial charge >= 0.3 is 5.97 Å². The van der Waals surface area contributed by atoms with E-state index in [1.54, 1.807) is 18.2 Å². The van der Waals surface area contributed by atoms with Crippen LogP contribution in [0.1, 0.15) is 23.0 Å². The van der Waals surface area contributed by atoms with E-state index in [1.807, 2.05) is 6.07 Å². The molecule has 0 aliphatic rings. The van der Waals surface area contributed by atoms with Crippen molar-refractivity contribution in [3.63, 3.8) is 0 Å². The SMILES string of the molecule is C[C@H](OC(=O)c1nccnc1N)C(=O)Nc1cccc(C#N)c1. The number of carbonyl (C=O) groups excluding carboxylic acids is 2. The first kappa shape index (κ1) is 15.9. The Kier molecular flexibility index (Phi) is 4.84. The molecular weight excluding hydrogens is 298 g/mol. The molecule has 0 aliphatic heterocycles. The molecule has 1 amide bonds. The van der Waals surface area contributed by atoms with E-state index in [0.29, 0.717) is 11.3 Å². The number of amides is 1. The van der Waals surface area contributed by atoms with Crippen LogP contribution in [0.4, 0.5) is 11.5 Å². The molecule has 0 bridgehead atoms. The third kappa shape index (κ3) is 4.01. The molecule has 8 heteroatoms. The van der Waals surface area contributed by atoms with Gasteiger partial charge < -0.3 is 15.8 Å². The zero-order chi connectivity index (χ0) is 16.8. The van der Waals surface area contributed by atoms with Gasteiger partial charge in [-0.3, -0.25) is 4.79 Å². The molecule has 1 heterocycles. The van der Waals surface area contributed by atoms with Crippen molar-refractivity contribution in [1.29, 1.82) is 5.26 Å². The number of nitrogens with zero attached hydrogens (tertiary/aromatic N) is 3. The average Bonchev–Trinajstić information content (AvgIpc) is 2.55. The minimum Gasteiger partial charge on any atom is -0.448 e. The third-order valence-electron chi connectivity index (χ3n) is 2.83. The second-order valence-corrected chi connectivity index (χ2v) is 4.52. The summed E-state index contributed by atoms with van der Waals surface area (Å²) in [4.78, 5) is 31.4. The third-order valence-corrected chi connectivity index (χ3v) is 2.83. The van der Waals surface area contributed by atoms with Crippen molar-refractivity contribution in [2.75, 3.05) is 11.1 Å². The van der Waals surface area contributed by atoms with Crippen molar-refractivity contribution in [2.45, 2.75) is 13.0 Å². The molecule has 0 radical (unpaired) electrons. The number of hydrogen-bond donors (Lipinski definition) is 2. The normalized spacial score (nSPS) is 11.1. The maximum absolute atomic E-state index is 12.0. The fourth-order valence-corrected chi connectivity index (χ4v) is 1.69. The maximum Gasteiger partial charge on any atom is 0.361 e. The van der Waals surface area contributed by atoms with Gasteiger partial charge in [-0.05, 0) is 25.1 Å². The van der Waals surface area contributed by atoms with E-state index in [1.165, 1.54) is 25.4 Å². The molecule has 3 N–H and O–H groups in total. The molecule has 1 atom stereocenters. The van der Waals surface area contributed by atoms with E-state index in [-0.39, 0.29) is 11.5 Å². The number of nitriles is 1. The van der Waals surface area contributed by atoms with Gasteiger partial charge in [0.05, 0.1) is 11.6 Å². The number of carbonyl (C=O) groups is 2. The van der Waals surface area contributed by atoms with Crippen molar-refractivity contribution >= 4 is 23.4 Å². The molecule has 2 aromatic rings. The number of aromatic nitrogens is 2. The number of nitrogen functional groups attached to an aromatic ring is 1. The smallest absolute Gasteiger partial charge is 0.361 e. The van der Waals surface area contributed by atoms with Crippen LogP contribution in [-0.4, -0.2) is 27.9 Å². The minimum atomic E-state index is -1.07. The molecule has 0 saturated carbocycles. The van der Waals surface area contributed by atoms with Crippen molar-refractivity contribution in [3.05, 3.63) is 47.9 Å². The van der Waals surface area contributed by atoms with E-state index in [4.69, 9.17) is 15.7 Å². The number of nitrogens with two attached hydrogens (primary N) is 1. The minimum absolute atomic E-state index is 0.0770. The highest BCUT2D eigenvalue weighted by molar-refractivity contribution is 5.98. The lowest BCUT2D eigenvalue weighted by molar-refractivity contribution is -0.123. The van der Waals surface area contributed by atoms with Crippen LogP contribution in [0.15, 0.2) is 36.7 Å². The zero-order valence-corrected chi connectivity index (χ0v) is 12.2. The van der Waals surface area contributed by atoms with Gasteiger partial charge in [-0.15, -0.1) is 0 Å². The number of rotatable bonds is 4. The average molecular weight is 311 g/mol. The lowest BCUT2D eigenvalue weighted by atomic mass is 10.2. The summed E-state index contributed by atoms with van der Waals surface area (Å²) < 4.78 is 5.01. The zero-order valence-electron chi connectivity index (χ0n) is 12.2. The molecule has 0 saturated heterocycles. The first-order valence-corrected chi connectivity index (χ1v) is 6.59. The summed E-state index contributed by atoms with van der Waals surface area (Å²) in [5.74, 6) is -1.47. The predicted molar refractivity (Wildman–Crippen MR) is 81.1 cm³/mol. The summed E-state index contributed by atoms with van der Waals surface area (Å²) in [6.45, 7) is 1.41. The standard InChI is InChI=1S/C15H13N5O3/c1-9(23-15(22)12-13(17)19-6-5-18-12)14(21)20-11-4-2-3-10(7-11)8-16/h2-7,9H,1H3,(H2,17,19)(H,20,21)/t9-/m0/s1. The van der Waals surface area contributed by atoms with Crippen molar-refractivity contribution < 1.29 is 14.3 Å². The molecule has 0 aliphatic carbocycles. The molecule has 8 nitrogen and oxygen atoms in total. The molecule has 116 valence electrons. The van der Waals surface area contributed by atoms with Gasteiger partial charge in [-0.1, -0.05) is 6.07 Å². The summed E-state index contributed by atoms with van der Waals surface area (Å²) in [6, 6.07) is 8.33. The first-order chi connectivity index (χ1) is 11.0. The summed E-state index contributed by atoms with van der Waals surface area (Å²) in [5, 5.41) is 11.4. The summed E-state index contributed by atoms with van der Waals surface area (Å²) in [5.41, 5.74) is 6.20. The molecular formula is C15H13N5O3. The second-order valence-electron chi connectivity index (χ2n) is 4.52. The van der Waals surface area contributed by atoms with Crippen LogP contribution in [0.3, 0.4) is 0 Å². The van der Waals surface area contributed by atoms with Crippen LogP contribution in [0, 0.1) is 11.3 Å². The number of anilines is 2. The monoisotopic (exact) mass is 311 g/mol. The Morgan fingerprint density at radius 3 is 2.78 bits per heavy atom. The number of esters is 1. The Labute approximate surface area is 131 Å². The number of ether oxygens (including phenoxy) is 1. The number of benzene rings is 1. The Hall–Kier alpha value is -3.47. The lowest BCUT2D eigenvalue weighted by Crippen LogP contribution is -2.30. The van der Waals surface area contributed by atoms with Gasteiger partial charge in [0.2, 0.25) is 0 Å². The highest BCUT2D eigenvalue weighted by Crippen LogP contribution is 2.12. The predicted octanol–water partition coefficient (Wildman–Crippen LogP) is 1.11. The van der Waals surface area contributed by atoms with Crippen molar-refractivity contribution in [2.24, 2.45) is 0 Å². The van der Waals surface area contributed by atoms with Gasteiger partial charge in [0.25, 0.3) is 5.91 Å². The van der Waals surface area contributed by atoms with Crippen molar-refractivity contribution in [1.82, 2.24) is 9.97 Å². The summed E-state index contributed by atoms with van der Waals surface area (Å²) >= 11 is 0. The second kappa shape index (κ2) is 7.00. The Balaban J connectivity index is 2.01. The van der Waals surface area contributed by atoms with E-state index in [2.05, 4.69) is 15.3 Å². The molecule has 0 spiro atoms. The van der Waals surface area contributed by atoms with Crippen LogP contribution in [0.5, 0.6) is 0 Å². The van der Waals surface area contributed by atoms with Crippen molar-refractivity contribution in [3.8, 4) is 6.07 Å². The van der Waals surface area contributed by atoms with E-state index in [0.717, 1.165) is 0 Å². The Bertz CT molecular complexity index is 785. The lowest BCUT2D eigenvalue weighted by Gasteiger charge is -2.13. The van der Waals surface area contributed by atoms with Gasteiger partial charge in [0.15, 0.2) is 17.6 Å². The summed E-state index contributed by atoms with van der Waals surface area (Å²) in [6.07, 6.45) is 1.56. The van der Waals surface area contributed by atoms with Crippen LogP contribution in [0.2, 0.25) is 0 Å². The molecule has 0 unspecified atom stereocenters. The number of nitrogens with one attached hydrogen (secondary N) is 1. The quantitative estimate of drug-likeness (QED) is 0.808. The first-order valence-electron chi connectivity index (χ1n) is 6.59. The molecule has 0 fully saturated rings. The molecule has 2 rings (SSSR count). The molecule has 1 aromatic heterocycles. The van der Waals surface area contributed by atoms with Gasteiger partial charge in [-0.25, -0.2) is 14.8 Å². The fraction of sp³-hybridized carbons (Fsp3) is 0.133. The van der Waals surface area contributed by atoms with Gasteiger partial charge in [0, 0.05) is 18.1 Å². The van der Waals surface area contributed by atoms with E-state index in [9.17, 15) is 9.59 Å².